The minimum absolute atomic E-state index is 0.127. The average Bonchev–Trinajstić information content (AvgIpc) is 2.57. The lowest BCUT2D eigenvalue weighted by molar-refractivity contribution is -0.138. The predicted octanol–water partition coefficient (Wildman–Crippen LogP) is 3.08. The van der Waals surface area contributed by atoms with Gasteiger partial charge in [0.05, 0.1) is 25.0 Å². The van der Waals surface area contributed by atoms with Crippen molar-refractivity contribution in [3.05, 3.63) is 41.5 Å². The second kappa shape index (κ2) is 7.12. The maximum absolute atomic E-state index is 12.4. The molecule has 6 heteroatoms. The first-order valence-corrected chi connectivity index (χ1v) is 7.43. The number of methoxy groups -OCH3 is 1. The SMILES string of the molecule is COc1ccc2cc([C@@H](C)C(=O)O)ccc2c1C(=O)CCC(=O)O. The quantitative estimate of drug-likeness (QED) is 0.757. The van der Waals surface area contributed by atoms with Crippen LogP contribution in [0.5, 0.6) is 5.75 Å². The van der Waals surface area contributed by atoms with Crippen LogP contribution >= 0.6 is 0 Å². The molecule has 0 amide bonds. The maximum atomic E-state index is 12.4. The van der Waals surface area contributed by atoms with E-state index in [-0.39, 0.29) is 18.6 Å². The Morgan fingerprint density at radius 3 is 2.38 bits per heavy atom. The van der Waals surface area contributed by atoms with Gasteiger partial charge >= 0.3 is 11.9 Å². The highest BCUT2D eigenvalue weighted by Gasteiger charge is 2.19. The van der Waals surface area contributed by atoms with Crippen molar-refractivity contribution in [3.63, 3.8) is 0 Å². The van der Waals surface area contributed by atoms with Gasteiger partial charge in [-0.25, -0.2) is 0 Å². The van der Waals surface area contributed by atoms with Crippen molar-refractivity contribution in [1.29, 1.82) is 0 Å². The summed E-state index contributed by atoms with van der Waals surface area (Å²) in [6.07, 6.45) is -0.384. The Hall–Kier alpha value is -2.89. The predicted molar refractivity (Wildman–Crippen MR) is 87.8 cm³/mol. The fourth-order valence-corrected chi connectivity index (χ4v) is 2.54. The molecule has 0 fully saturated rings. The van der Waals surface area contributed by atoms with E-state index in [9.17, 15) is 14.4 Å². The van der Waals surface area contributed by atoms with Crippen LogP contribution in [0.15, 0.2) is 30.3 Å². The number of carboxylic acids is 2. The lowest BCUT2D eigenvalue weighted by atomic mass is 9.93. The van der Waals surface area contributed by atoms with Crippen LogP contribution in [0.1, 0.15) is 41.6 Å². The van der Waals surface area contributed by atoms with E-state index in [4.69, 9.17) is 14.9 Å². The van der Waals surface area contributed by atoms with Crippen LogP contribution in [0.2, 0.25) is 0 Å². The van der Waals surface area contributed by atoms with Crippen LogP contribution in [0.25, 0.3) is 10.8 Å². The Kier molecular flexibility index (Phi) is 5.18. The van der Waals surface area contributed by atoms with Crippen LogP contribution in [0.3, 0.4) is 0 Å². The Morgan fingerprint density at radius 2 is 1.79 bits per heavy atom. The first kappa shape index (κ1) is 17.5. The minimum Gasteiger partial charge on any atom is -0.496 e. The summed E-state index contributed by atoms with van der Waals surface area (Å²) in [6.45, 7) is 1.59. The van der Waals surface area contributed by atoms with Gasteiger partial charge in [0.2, 0.25) is 0 Å². The van der Waals surface area contributed by atoms with Crippen molar-refractivity contribution in [1.82, 2.24) is 0 Å². The third-order valence-electron chi connectivity index (χ3n) is 3.94. The van der Waals surface area contributed by atoms with Crippen molar-refractivity contribution in [2.75, 3.05) is 7.11 Å². The number of aliphatic carboxylic acids is 2. The lowest BCUT2D eigenvalue weighted by Gasteiger charge is -2.13. The zero-order chi connectivity index (χ0) is 17.9. The highest BCUT2D eigenvalue weighted by atomic mass is 16.5. The molecule has 0 bridgehead atoms. The van der Waals surface area contributed by atoms with Gasteiger partial charge in [0, 0.05) is 6.42 Å². The second-order valence-electron chi connectivity index (χ2n) is 5.50. The Bertz CT molecular complexity index is 809. The van der Waals surface area contributed by atoms with Crippen LogP contribution < -0.4 is 4.74 Å². The summed E-state index contributed by atoms with van der Waals surface area (Å²) in [7, 11) is 1.44. The van der Waals surface area contributed by atoms with E-state index in [1.165, 1.54) is 7.11 Å². The van der Waals surface area contributed by atoms with E-state index in [2.05, 4.69) is 0 Å². The summed E-state index contributed by atoms with van der Waals surface area (Å²) in [5.74, 6) is -2.58. The largest absolute Gasteiger partial charge is 0.496 e. The van der Waals surface area contributed by atoms with Gasteiger partial charge in [-0.05, 0) is 29.3 Å². The van der Waals surface area contributed by atoms with E-state index < -0.39 is 17.9 Å². The molecule has 2 aromatic carbocycles. The summed E-state index contributed by atoms with van der Waals surface area (Å²) in [4.78, 5) is 34.3. The Morgan fingerprint density at radius 1 is 1.08 bits per heavy atom. The van der Waals surface area contributed by atoms with Gasteiger partial charge in [-0.15, -0.1) is 0 Å². The molecule has 2 rings (SSSR count). The molecule has 2 aromatic rings. The molecule has 126 valence electrons. The number of carbonyl (C=O) groups is 3. The van der Waals surface area contributed by atoms with Crippen molar-refractivity contribution in [3.8, 4) is 5.75 Å². The molecule has 0 aliphatic carbocycles. The summed E-state index contributed by atoms with van der Waals surface area (Å²) in [6, 6.07) is 8.45. The van der Waals surface area contributed by atoms with Crippen LogP contribution in [-0.2, 0) is 9.59 Å². The first-order valence-electron chi connectivity index (χ1n) is 7.43. The highest BCUT2D eigenvalue weighted by Crippen LogP contribution is 2.31. The smallest absolute Gasteiger partial charge is 0.310 e. The Labute approximate surface area is 138 Å². The van der Waals surface area contributed by atoms with E-state index in [1.54, 1.807) is 37.3 Å². The molecule has 24 heavy (non-hydrogen) atoms. The number of hydrogen-bond donors (Lipinski definition) is 2. The number of benzene rings is 2. The highest BCUT2D eigenvalue weighted by molar-refractivity contribution is 6.11. The minimum atomic E-state index is -1.04. The summed E-state index contributed by atoms with van der Waals surface area (Å²) in [5.41, 5.74) is 0.954. The van der Waals surface area contributed by atoms with E-state index >= 15 is 0 Å². The monoisotopic (exact) mass is 330 g/mol. The average molecular weight is 330 g/mol. The maximum Gasteiger partial charge on any atom is 0.310 e. The number of ether oxygens (including phenoxy) is 1. The molecule has 0 saturated carbocycles. The molecule has 0 aromatic heterocycles. The molecule has 0 saturated heterocycles. The first-order chi connectivity index (χ1) is 11.3. The van der Waals surface area contributed by atoms with Gasteiger partial charge in [-0.3, -0.25) is 14.4 Å². The zero-order valence-electron chi connectivity index (χ0n) is 13.4. The van der Waals surface area contributed by atoms with Gasteiger partial charge in [0.25, 0.3) is 0 Å². The molecule has 0 spiro atoms. The van der Waals surface area contributed by atoms with Gasteiger partial charge in [0.1, 0.15) is 5.75 Å². The van der Waals surface area contributed by atoms with Gasteiger partial charge in [-0.2, -0.15) is 0 Å². The Balaban J connectivity index is 2.53. The molecule has 0 aliphatic rings. The summed E-state index contributed by atoms with van der Waals surface area (Å²) in [5, 5.41) is 19.2. The number of ketones is 1. The van der Waals surface area contributed by atoms with Crippen LogP contribution in [0, 0.1) is 0 Å². The molecular weight excluding hydrogens is 312 g/mol. The molecule has 2 N–H and O–H groups in total. The second-order valence-corrected chi connectivity index (χ2v) is 5.50. The van der Waals surface area contributed by atoms with E-state index in [0.29, 0.717) is 27.6 Å². The lowest BCUT2D eigenvalue weighted by Crippen LogP contribution is -2.08. The van der Waals surface area contributed by atoms with Crippen molar-refractivity contribution >= 4 is 28.5 Å². The van der Waals surface area contributed by atoms with Gasteiger partial charge in [-0.1, -0.05) is 24.3 Å². The standard InChI is InChI=1S/C18H18O6/c1-10(18(22)23)11-3-5-13-12(9-11)4-7-15(24-2)17(13)14(19)6-8-16(20)21/h3-5,7,9-10H,6,8H2,1-2H3,(H,20,21)(H,22,23)/t10-/m1/s1. The number of Topliss-reactive ketones (excluding diaryl/α,β-unsaturated/α-hetero) is 1. The molecule has 0 radical (unpaired) electrons. The fraction of sp³-hybridized carbons (Fsp3) is 0.278. The van der Waals surface area contributed by atoms with Crippen molar-refractivity contribution in [2.45, 2.75) is 25.7 Å². The van der Waals surface area contributed by atoms with Crippen molar-refractivity contribution < 1.29 is 29.3 Å². The molecular formula is C18H18O6. The van der Waals surface area contributed by atoms with Crippen LogP contribution in [0.4, 0.5) is 0 Å². The molecule has 0 aliphatic heterocycles. The summed E-state index contributed by atoms with van der Waals surface area (Å²) >= 11 is 0. The molecule has 0 unspecified atom stereocenters. The zero-order valence-corrected chi connectivity index (χ0v) is 13.4. The fourth-order valence-electron chi connectivity index (χ4n) is 2.54. The summed E-state index contributed by atoms with van der Waals surface area (Å²) < 4.78 is 5.23. The number of hydrogen-bond acceptors (Lipinski definition) is 4. The van der Waals surface area contributed by atoms with Gasteiger partial charge in [0.15, 0.2) is 5.78 Å². The molecule has 6 nitrogen and oxygen atoms in total. The molecule has 1 atom stereocenters. The number of carboxylic acid groups (broad SMARTS) is 2. The third kappa shape index (κ3) is 3.53. The number of fused-ring (bicyclic) bond motifs is 1. The van der Waals surface area contributed by atoms with E-state index in [1.807, 2.05) is 0 Å². The number of carbonyl (C=O) groups excluding carboxylic acids is 1. The molecule has 0 heterocycles. The number of rotatable bonds is 7. The third-order valence-corrected chi connectivity index (χ3v) is 3.94. The van der Waals surface area contributed by atoms with Crippen molar-refractivity contribution in [2.24, 2.45) is 0 Å². The van der Waals surface area contributed by atoms with Gasteiger partial charge < -0.3 is 14.9 Å². The van der Waals surface area contributed by atoms with E-state index in [0.717, 1.165) is 0 Å². The van der Waals surface area contributed by atoms with Crippen LogP contribution in [-0.4, -0.2) is 35.0 Å². The normalized spacial score (nSPS) is 11.9. The topological polar surface area (TPSA) is 101 Å².